The third-order valence-electron chi connectivity index (χ3n) is 2.66. The van der Waals surface area contributed by atoms with Crippen LogP contribution in [0.5, 0.6) is 0 Å². The highest BCUT2D eigenvalue weighted by molar-refractivity contribution is 14.1. The van der Waals surface area contributed by atoms with Crippen molar-refractivity contribution in [1.82, 2.24) is 0 Å². The number of benzene rings is 2. The minimum atomic E-state index is -3.61. The average Bonchev–Trinajstić information content (AvgIpc) is 2.39. The molecule has 0 radical (unpaired) electrons. The van der Waals surface area contributed by atoms with Crippen molar-refractivity contribution in [2.45, 2.75) is 4.90 Å². The van der Waals surface area contributed by atoms with E-state index in [1.54, 1.807) is 36.4 Å². The number of ketones is 1. The Morgan fingerprint density at radius 3 is 2.10 bits per heavy atom. The second-order valence-corrected chi connectivity index (χ2v) is 8.29. The number of sulfone groups is 1. The van der Waals surface area contributed by atoms with Crippen LogP contribution in [0.2, 0.25) is 0 Å². The highest BCUT2D eigenvalue weighted by atomic mass is 127. The zero-order valence-corrected chi connectivity index (χ0v) is 14.8. The van der Waals surface area contributed by atoms with Gasteiger partial charge in [0.05, 0.1) is 4.90 Å². The first kappa shape index (κ1) is 15.7. The van der Waals surface area contributed by atoms with Crippen molar-refractivity contribution >= 4 is 54.1 Å². The minimum absolute atomic E-state index is 0.152. The number of carbonyl (C=O) groups is 1. The molecular formula is C14H10BrIO3S. The standard InChI is InChI=1S/C14H10BrIO3S/c15-11-3-7-13(8-4-11)20(18,19)9-14(17)10-1-5-12(16)6-2-10/h1-8H,9H2. The van der Waals surface area contributed by atoms with Gasteiger partial charge in [0.2, 0.25) is 0 Å². The molecule has 0 heterocycles. The second kappa shape index (κ2) is 6.36. The van der Waals surface area contributed by atoms with Gasteiger partial charge in [0.15, 0.2) is 15.6 Å². The Balaban J connectivity index is 2.22. The Hall–Kier alpha value is -0.730. The van der Waals surface area contributed by atoms with Crippen molar-refractivity contribution in [3.8, 4) is 0 Å². The molecule has 0 aromatic heterocycles. The molecule has 0 atom stereocenters. The third kappa shape index (κ3) is 3.89. The highest BCUT2D eigenvalue weighted by Crippen LogP contribution is 2.17. The van der Waals surface area contributed by atoms with Gasteiger partial charge < -0.3 is 0 Å². The van der Waals surface area contributed by atoms with Crippen molar-refractivity contribution < 1.29 is 13.2 Å². The van der Waals surface area contributed by atoms with Gasteiger partial charge in [-0.1, -0.05) is 28.1 Å². The van der Waals surface area contributed by atoms with Gasteiger partial charge in [-0.15, -0.1) is 0 Å². The normalized spacial score (nSPS) is 11.3. The van der Waals surface area contributed by atoms with Crippen LogP contribution in [-0.4, -0.2) is 20.0 Å². The zero-order valence-electron chi connectivity index (χ0n) is 10.2. The molecule has 6 heteroatoms. The van der Waals surface area contributed by atoms with Gasteiger partial charge >= 0.3 is 0 Å². The van der Waals surface area contributed by atoms with Crippen molar-refractivity contribution in [3.63, 3.8) is 0 Å². The lowest BCUT2D eigenvalue weighted by Crippen LogP contribution is -2.16. The van der Waals surface area contributed by atoms with Crippen molar-refractivity contribution in [2.24, 2.45) is 0 Å². The van der Waals surface area contributed by atoms with E-state index in [0.717, 1.165) is 8.04 Å². The van der Waals surface area contributed by atoms with E-state index in [0.29, 0.717) is 5.56 Å². The lowest BCUT2D eigenvalue weighted by Gasteiger charge is -2.04. The van der Waals surface area contributed by atoms with Crippen LogP contribution < -0.4 is 0 Å². The quantitative estimate of drug-likeness (QED) is 0.512. The first-order valence-corrected chi connectivity index (χ1v) is 9.18. The number of hydrogen-bond acceptors (Lipinski definition) is 3. The fourth-order valence-corrected chi connectivity index (χ4v) is 3.47. The molecule has 0 fully saturated rings. The lowest BCUT2D eigenvalue weighted by atomic mass is 10.2. The fourth-order valence-electron chi connectivity index (χ4n) is 1.62. The topological polar surface area (TPSA) is 51.2 Å². The highest BCUT2D eigenvalue weighted by Gasteiger charge is 2.20. The summed E-state index contributed by atoms with van der Waals surface area (Å²) in [5.74, 6) is -0.917. The summed E-state index contributed by atoms with van der Waals surface area (Å²) < 4.78 is 26.1. The number of rotatable bonds is 4. The summed E-state index contributed by atoms with van der Waals surface area (Å²) in [5.41, 5.74) is 0.408. The van der Waals surface area contributed by atoms with Gasteiger partial charge in [-0.25, -0.2) is 8.42 Å². The van der Waals surface area contributed by atoms with Crippen molar-refractivity contribution in [2.75, 3.05) is 5.75 Å². The molecular weight excluding hydrogens is 455 g/mol. The molecule has 0 aliphatic carbocycles. The van der Waals surface area contributed by atoms with Crippen molar-refractivity contribution in [1.29, 1.82) is 0 Å². The number of halogens is 2. The fraction of sp³-hybridized carbons (Fsp3) is 0.0714. The van der Waals surface area contributed by atoms with Gasteiger partial charge in [0, 0.05) is 13.6 Å². The predicted octanol–water partition coefficient (Wildman–Crippen LogP) is 3.71. The first-order chi connectivity index (χ1) is 9.38. The molecule has 20 heavy (non-hydrogen) atoms. The van der Waals surface area contributed by atoms with E-state index < -0.39 is 21.4 Å². The van der Waals surface area contributed by atoms with E-state index in [9.17, 15) is 13.2 Å². The second-order valence-electron chi connectivity index (χ2n) is 4.14. The smallest absolute Gasteiger partial charge is 0.185 e. The Labute approximate surface area is 139 Å². The van der Waals surface area contributed by atoms with Gasteiger partial charge in [0.25, 0.3) is 0 Å². The Morgan fingerprint density at radius 1 is 1.00 bits per heavy atom. The molecule has 2 rings (SSSR count). The lowest BCUT2D eigenvalue weighted by molar-refractivity contribution is 0.102. The van der Waals surface area contributed by atoms with E-state index in [1.165, 1.54) is 12.1 Å². The van der Waals surface area contributed by atoms with Crippen molar-refractivity contribution in [3.05, 3.63) is 62.1 Å². The summed E-state index contributed by atoms with van der Waals surface area (Å²) in [6, 6.07) is 13.1. The SMILES string of the molecule is O=C(CS(=O)(=O)c1ccc(Br)cc1)c1ccc(I)cc1. The Bertz CT molecular complexity index is 722. The molecule has 104 valence electrons. The summed E-state index contributed by atoms with van der Waals surface area (Å²) in [6.45, 7) is 0. The van der Waals surface area contributed by atoms with Gasteiger partial charge in [-0.3, -0.25) is 4.79 Å². The van der Waals surface area contributed by atoms with E-state index in [2.05, 4.69) is 38.5 Å². The maximum absolute atomic E-state index is 12.2. The molecule has 0 amide bonds. The predicted molar refractivity (Wildman–Crippen MR) is 89.7 cm³/mol. The molecule has 0 saturated carbocycles. The van der Waals surface area contributed by atoms with Crippen LogP contribution in [0.4, 0.5) is 0 Å². The molecule has 0 unspecified atom stereocenters. The maximum atomic E-state index is 12.2. The van der Waals surface area contributed by atoms with Gasteiger partial charge in [0.1, 0.15) is 5.75 Å². The van der Waals surface area contributed by atoms with Crippen LogP contribution in [0.1, 0.15) is 10.4 Å². The molecule has 0 aliphatic heterocycles. The molecule has 0 bridgehead atoms. The maximum Gasteiger partial charge on any atom is 0.185 e. The molecule has 0 N–H and O–H groups in total. The van der Waals surface area contributed by atoms with Crippen LogP contribution in [-0.2, 0) is 9.84 Å². The monoisotopic (exact) mass is 464 g/mol. The third-order valence-corrected chi connectivity index (χ3v) is 5.54. The zero-order chi connectivity index (χ0) is 14.8. The Kier molecular flexibility index (Phi) is 4.98. The summed E-state index contributed by atoms with van der Waals surface area (Å²) >= 11 is 5.37. The van der Waals surface area contributed by atoms with E-state index in [-0.39, 0.29) is 4.90 Å². The van der Waals surface area contributed by atoms with Crippen LogP contribution in [0.3, 0.4) is 0 Å². The molecule has 0 aliphatic rings. The number of hydrogen-bond donors (Lipinski definition) is 0. The molecule has 0 saturated heterocycles. The largest absolute Gasteiger partial charge is 0.293 e. The molecule has 2 aromatic rings. The Morgan fingerprint density at radius 2 is 1.55 bits per heavy atom. The molecule has 3 nitrogen and oxygen atoms in total. The molecule has 0 spiro atoms. The summed E-state index contributed by atoms with van der Waals surface area (Å²) in [4.78, 5) is 12.2. The van der Waals surface area contributed by atoms with Crippen LogP contribution in [0, 0.1) is 3.57 Å². The van der Waals surface area contributed by atoms with E-state index >= 15 is 0 Å². The van der Waals surface area contributed by atoms with E-state index in [4.69, 9.17) is 0 Å². The van der Waals surface area contributed by atoms with Gasteiger partial charge in [-0.2, -0.15) is 0 Å². The first-order valence-electron chi connectivity index (χ1n) is 5.65. The van der Waals surface area contributed by atoms with E-state index in [1.807, 2.05) is 0 Å². The average molecular weight is 465 g/mol. The van der Waals surface area contributed by atoms with Crippen LogP contribution >= 0.6 is 38.5 Å². The number of carbonyl (C=O) groups excluding carboxylic acids is 1. The van der Waals surface area contributed by atoms with Crippen LogP contribution in [0.25, 0.3) is 0 Å². The number of Topliss-reactive ketones (excluding diaryl/α,β-unsaturated/α-hetero) is 1. The van der Waals surface area contributed by atoms with Crippen LogP contribution in [0.15, 0.2) is 57.9 Å². The minimum Gasteiger partial charge on any atom is -0.293 e. The molecule has 2 aromatic carbocycles. The van der Waals surface area contributed by atoms with Gasteiger partial charge in [-0.05, 0) is 59.0 Å². The summed E-state index contributed by atoms with van der Waals surface area (Å²) in [7, 11) is -3.61. The summed E-state index contributed by atoms with van der Waals surface area (Å²) in [6.07, 6.45) is 0. The summed E-state index contributed by atoms with van der Waals surface area (Å²) in [5, 5.41) is 0.